The zero-order valence-electron chi connectivity index (χ0n) is 22.7. The molecule has 0 unspecified atom stereocenters. The number of nitrogens with zero attached hydrogens (tertiary/aromatic N) is 1. The van der Waals surface area contributed by atoms with Crippen molar-refractivity contribution in [2.75, 3.05) is 0 Å². The maximum absolute atomic E-state index is 2.53. The van der Waals surface area contributed by atoms with Gasteiger partial charge in [0, 0.05) is 10.6 Å². The third kappa shape index (κ3) is 3.28. The summed E-state index contributed by atoms with van der Waals surface area (Å²) in [5.41, 5.74) is 7.86. The molecule has 0 bridgehead atoms. The van der Waals surface area contributed by atoms with Gasteiger partial charge >= 0.3 is 0 Å². The minimum Gasteiger partial charge on any atom is -0.307 e. The first-order chi connectivity index (χ1) is 20.8. The molecule has 4 heterocycles. The summed E-state index contributed by atoms with van der Waals surface area (Å²) in [6.45, 7) is 0. The van der Waals surface area contributed by atoms with Gasteiger partial charge in [-0.05, 0) is 43.3 Å². The van der Waals surface area contributed by atoms with Crippen molar-refractivity contribution < 1.29 is 0 Å². The van der Waals surface area contributed by atoms with Gasteiger partial charge in [0.25, 0.3) is 0 Å². The molecule has 3 aromatic heterocycles. The first-order valence-corrected chi connectivity index (χ1v) is 18.0. The highest BCUT2D eigenvalue weighted by atomic mass is 32.1. The predicted molar refractivity (Wildman–Crippen MR) is 185 cm³/mol. The second-order valence-electron chi connectivity index (χ2n) is 10.9. The number of benzene rings is 5. The summed E-state index contributed by atoms with van der Waals surface area (Å²) in [4.78, 5) is 1.32. The Kier molecular flexibility index (Phi) is 5.33. The molecule has 0 aliphatic carbocycles. The maximum Gasteiger partial charge on any atom is 0.0711 e. The summed E-state index contributed by atoms with van der Waals surface area (Å²) in [5.74, 6) is 0. The van der Waals surface area contributed by atoms with Crippen LogP contribution in [0, 0.1) is 0 Å². The van der Waals surface area contributed by atoms with E-state index in [0.717, 1.165) is 0 Å². The van der Waals surface area contributed by atoms with Crippen LogP contribution in [-0.2, 0) is 0 Å². The number of fused-ring (bicyclic) bond motifs is 6. The number of hydrogen-bond acceptors (Lipinski definition) is 2. The Morgan fingerprint density at radius 2 is 1.14 bits per heavy atom. The van der Waals surface area contributed by atoms with Gasteiger partial charge in [0.05, 0.1) is 20.4 Å². The third-order valence-electron chi connectivity index (χ3n) is 8.80. The number of para-hydroxylation sites is 1. The highest BCUT2D eigenvalue weighted by Gasteiger charge is 2.36. The molecule has 42 heavy (non-hydrogen) atoms. The van der Waals surface area contributed by atoms with Gasteiger partial charge in [-0.25, -0.2) is 0 Å². The van der Waals surface area contributed by atoms with Crippen molar-refractivity contribution in [1.29, 1.82) is 0 Å². The normalized spacial score (nSPS) is 13.4. The van der Waals surface area contributed by atoms with Crippen LogP contribution in [0.25, 0.3) is 47.7 Å². The fraction of sp³-hybridized carbons (Fsp3) is 0. The predicted octanol–water partition coefficient (Wildman–Crippen LogP) is 7.93. The minimum absolute atomic E-state index is 1.21. The molecule has 1 aliphatic heterocycles. The molecule has 8 aromatic rings. The Balaban J connectivity index is 1.32. The van der Waals surface area contributed by atoms with Gasteiger partial charge in [0.2, 0.25) is 0 Å². The molecule has 0 spiro atoms. The minimum atomic E-state index is -2.51. The molecule has 0 N–H and O–H groups in total. The average Bonchev–Trinajstić information content (AvgIpc) is 3.82. The van der Waals surface area contributed by atoms with Crippen LogP contribution >= 0.6 is 22.7 Å². The van der Waals surface area contributed by atoms with Crippen molar-refractivity contribution in [3.05, 3.63) is 151 Å². The number of rotatable bonds is 4. The number of hydrogen-bond donors (Lipinski definition) is 0. The Morgan fingerprint density at radius 3 is 1.88 bits per heavy atom. The molecule has 0 fully saturated rings. The molecule has 199 valence electrons. The van der Waals surface area contributed by atoms with E-state index >= 15 is 0 Å². The quantitative estimate of drug-likeness (QED) is 0.184. The molecule has 0 saturated heterocycles. The highest BCUT2D eigenvalue weighted by molar-refractivity contribution is 7.28. The van der Waals surface area contributed by atoms with Gasteiger partial charge in [0.1, 0.15) is 0 Å². The lowest BCUT2D eigenvalue weighted by atomic mass is 10.0. The smallest absolute Gasteiger partial charge is 0.0711 e. The van der Waals surface area contributed by atoms with E-state index in [1.807, 2.05) is 22.7 Å². The van der Waals surface area contributed by atoms with Crippen molar-refractivity contribution in [1.82, 2.24) is 4.57 Å². The van der Waals surface area contributed by atoms with Crippen LogP contribution in [0.15, 0.2) is 151 Å². The van der Waals surface area contributed by atoms with E-state index in [4.69, 9.17) is 0 Å². The molecular formula is C38H25NS2Si-. The van der Waals surface area contributed by atoms with E-state index in [-0.39, 0.29) is 0 Å². The van der Waals surface area contributed by atoms with Gasteiger partial charge in [0.15, 0.2) is 0 Å². The van der Waals surface area contributed by atoms with Crippen LogP contribution in [0.3, 0.4) is 0 Å². The van der Waals surface area contributed by atoms with E-state index in [1.54, 1.807) is 0 Å². The van der Waals surface area contributed by atoms with E-state index in [9.17, 15) is 0 Å². The number of aromatic nitrogens is 1. The fourth-order valence-electron chi connectivity index (χ4n) is 7.08. The van der Waals surface area contributed by atoms with Crippen molar-refractivity contribution in [2.24, 2.45) is 0 Å². The molecule has 4 heteroatoms. The van der Waals surface area contributed by atoms with Crippen LogP contribution in [0.5, 0.6) is 0 Å². The van der Waals surface area contributed by atoms with Crippen molar-refractivity contribution in [3.8, 4) is 27.3 Å². The Labute approximate surface area is 253 Å². The molecule has 0 amide bonds. The summed E-state index contributed by atoms with van der Waals surface area (Å²) in [5, 5.41) is 8.07. The van der Waals surface area contributed by atoms with E-state index < -0.39 is 8.07 Å². The second-order valence-corrected chi connectivity index (χ2v) is 16.6. The van der Waals surface area contributed by atoms with E-state index in [2.05, 4.69) is 156 Å². The maximum atomic E-state index is 2.53. The third-order valence-corrected chi connectivity index (χ3v) is 15.9. The van der Waals surface area contributed by atoms with Crippen molar-refractivity contribution in [2.45, 2.75) is 0 Å². The van der Waals surface area contributed by atoms with Gasteiger partial charge in [-0.3, -0.25) is 0 Å². The standard InChI is InChI=1S/C38H25NS2Si/c1-4-12-27(13-5-1)39-32-22-23-40-37(32)38-33(39)25-34(41-38)26-20-21-31-30-18-10-11-19-35(30)42(36(31)24-26,28-14-6-2-7-15-28)29-16-8-3-9-17-29/h1-25H/q-1. The molecule has 5 aromatic carbocycles. The van der Waals surface area contributed by atoms with Gasteiger partial charge in [-0.1, -0.05) is 132 Å². The first-order valence-electron chi connectivity index (χ1n) is 14.3. The molecule has 9 rings (SSSR count). The van der Waals surface area contributed by atoms with Crippen LogP contribution in [0.4, 0.5) is 0 Å². The number of thiophene rings is 2. The molecular weight excluding hydrogens is 563 g/mol. The highest BCUT2D eigenvalue weighted by Crippen LogP contribution is 2.43. The zero-order valence-corrected chi connectivity index (χ0v) is 25.3. The summed E-state index contributed by atoms with van der Waals surface area (Å²) in [7, 11) is -2.51. The average molecular weight is 588 g/mol. The van der Waals surface area contributed by atoms with Gasteiger partial charge in [-0.2, -0.15) is 20.7 Å². The van der Waals surface area contributed by atoms with E-state index in [0.29, 0.717) is 0 Å². The summed E-state index contributed by atoms with van der Waals surface area (Å²) in [6, 6.07) is 54.3. The monoisotopic (exact) mass is 587 g/mol. The first kappa shape index (κ1) is 24.1. The molecule has 0 radical (unpaired) electrons. The lowest BCUT2D eigenvalue weighted by Crippen LogP contribution is -2.72. The molecule has 0 atom stereocenters. The van der Waals surface area contributed by atoms with Crippen LogP contribution < -0.4 is 20.7 Å². The van der Waals surface area contributed by atoms with Gasteiger partial charge < -0.3 is 4.57 Å². The lowest BCUT2D eigenvalue weighted by molar-refractivity contribution is 1.19. The fourth-order valence-corrected chi connectivity index (χ4v) is 14.5. The van der Waals surface area contributed by atoms with Crippen LogP contribution in [0.2, 0.25) is 0 Å². The van der Waals surface area contributed by atoms with Crippen molar-refractivity contribution >= 4 is 71.9 Å². The van der Waals surface area contributed by atoms with Gasteiger partial charge in [-0.15, -0.1) is 22.7 Å². The summed E-state index contributed by atoms with van der Waals surface area (Å²) in [6.07, 6.45) is 0. The largest absolute Gasteiger partial charge is 0.307 e. The zero-order chi connectivity index (χ0) is 27.7. The Morgan fingerprint density at radius 1 is 0.500 bits per heavy atom. The van der Waals surface area contributed by atoms with Crippen LogP contribution in [-0.4, -0.2) is 12.6 Å². The van der Waals surface area contributed by atoms with Crippen molar-refractivity contribution in [3.63, 3.8) is 0 Å². The summed E-state index contributed by atoms with van der Waals surface area (Å²) >= 11 is 3.77. The second kappa shape index (κ2) is 9.26. The van der Waals surface area contributed by atoms with E-state index in [1.165, 1.54) is 68.4 Å². The molecule has 0 saturated carbocycles. The topological polar surface area (TPSA) is 4.93 Å². The lowest BCUT2D eigenvalue weighted by Gasteiger charge is -2.44. The summed E-state index contributed by atoms with van der Waals surface area (Å²) < 4.78 is 5.17. The Hall–Kier alpha value is -4.48. The Bertz CT molecular complexity index is 2200. The molecule has 1 aliphatic rings. The van der Waals surface area contributed by atoms with Crippen LogP contribution in [0.1, 0.15) is 0 Å². The SMILES string of the molecule is c1ccc(-n2c3ccsc3c3sc(-c4ccc5c(c4)[Si-](c4ccccc4)(c4ccccc4)c4ccccc4-5)cc32)cc1. The molecule has 1 nitrogen and oxygen atoms in total.